The van der Waals surface area contributed by atoms with Crippen LogP contribution in [0, 0.1) is 0 Å². The van der Waals surface area contributed by atoms with Crippen LogP contribution in [0.5, 0.6) is 5.75 Å². The number of likely N-dealkylation sites (tertiary alicyclic amines) is 1. The minimum absolute atomic E-state index is 0.0717. The zero-order chi connectivity index (χ0) is 15.5. The fraction of sp³-hybridized carbons (Fsp3) is 0.500. The van der Waals surface area contributed by atoms with Crippen molar-refractivity contribution in [3.63, 3.8) is 0 Å². The molecular formula is C18H22N2O3. The van der Waals surface area contributed by atoms with Crippen LogP contribution in [0.15, 0.2) is 47.3 Å². The van der Waals surface area contributed by atoms with Crippen LogP contribution in [0.25, 0.3) is 0 Å². The first kappa shape index (κ1) is 14.7. The van der Waals surface area contributed by atoms with Gasteiger partial charge in [0.15, 0.2) is 0 Å². The maximum atomic E-state index is 6.20. The molecule has 4 rings (SSSR count). The Morgan fingerprint density at radius 2 is 2.35 bits per heavy atom. The maximum absolute atomic E-state index is 6.20. The van der Waals surface area contributed by atoms with Crippen molar-refractivity contribution in [1.82, 2.24) is 9.88 Å². The first-order chi connectivity index (χ1) is 11.3. The van der Waals surface area contributed by atoms with E-state index in [4.69, 9.17) is 13.9 Å². The van der Waals surface area contributed by atoms with Crippen LogP contribution in [0.1, 0.15) is 25.0 Å². The topological polar surface area (TPSA) is 47.7 Å². The average Bonchev–Trinajstić information content (AvgIpc) is 3.19. The third-order valence-electron chi connectivity index (χ3n) is 4.69. The highest BCUT2D eigenvalue weighted by atomic mass is 16.6. The normalized spacial score (nSPS) is 28.3. The summed E-state index contributed by atoms with van der Waals surface area (Å²) in [6.07, 6.45) is 8.56. The lowest BCUT2D eigenvalue weighted by atomic mass is 9.89. The summed E-state index contributed by atoms with van der Waals surface area (Å²) in [5, 5.41) is 0. The van der Waals surface area contributed by atoms with Crippen molar-refractivity contribution in [3.8, 4) is 5.75 Å². The van der Waals surface area contributed by atoms with Crippen LogP contribution in [0.2, 0.25) is 0 Å². The van der Waals surface area contributed by atoms with Gasteiger partial charge < -0.3 is 13.9 Å². The average molecular weight is 314 g/mol. The van der Waals surface area contributed by atoms with Crippen LogP contribution >= 0.6 is 0 Å². The molecule has 2 saturated heterocycles. The fourth-order valence-corrected chi connectivity index (χ4v) is 3.72. The number of hydrogen-bond acceptors (Lipinski definition) is 5. The highest BCUT2D eigenvalue weighted by Crippen LogP contribution is 2.36. The second-order valence-corrected chi connectivity index (χ2v) is 6.52. The monoisotopic (exact) mass is 314 g/mol. The van der Waals surface area contributed by atoms with E-state index in [1.54, 1.807) is 18.7 Å². The molecule has 2 aliphatic heterocycles. The minimum Gasteiger partial charge on any atom is -0.486 e. The van der Waals surface area contributed by atoms with E-state index in [2.05, 4.69) is 9.88 Å². The summed E-state index contributed by atoms with van der Waals surface area (Å²) < 4.78 is 17.7. The Kier molecular flexibility index (Phi) is 4.06. The second-order valence-electron chi connectivity index (χ2n) is 6.52. The molecule has 122 valence electrons. The number of pyridine rings is 1. The summed E-state index contributed by atoms with van der Waals surface area (Å²) in [5.41, 5.74) is -0.0717. The molecule has 0 radical (unpaired) electrons. The summed E-state index contributed by atoms with van der Waals surface area (Å²) in [6.45, 7) is 3.55. The summed E-state index contributed by atoms with van der Waals surface area (Å²) in [7, 11) is 0. The first-order valence-electron chi connectivity index (χ1n) is 8.27. The number of hydrogen-bond donors (Lipinski definition) is 0. The van der Waals surface area contributed by atoms with Crippen LogP contribution < -0.4 is 4.74 Å². The molecule has 5 heteroatoms. The van der Waals surface area contributed by atoms with Gasteiger partial charge in [-0.3, -0.25) is 9.88 Å². The molecule has 4 heterocycles. The van der Waals surface area contributed by atoms with Gasteiger partial charge in [-0.15, -0.1) is 0 Å². The molecule has 5 nitrogen and oxygen atoms in total. The van der Waals surface area contributed by atoms with E-state index in [-0.39, 0.29) is 11.7 Å². The van der Waals surface area contributed by atoms with Gasteiger partial charge in [0, 0.05) is 19.2 Å². The molecule has 0 amide bonds. The number of nitrogens with zero attached hydrogens (tertiary/aromatic N) is 2. The van der Waals surface area contributed by atoms with Gasteiger partial charge >= 0.3 is 0 Å². The predicted octanol–water partition coefficient (Wildman–Crippen LogP) is 2.88. The van der Waals surface area contributed by atoms with Gasteiger partial charge in [-0.2, -0.15) is 0 Å². The van der Waals surface area contributed by atoms with Crippen LogP contribution in [0.3, 0.4) is 0 Å². The lowest BCUT2D eigenvalue weighted by Crippen LogP contribution is -2.47. The van der Waals surface area contributed by atoms with E-state index < -0.39 is 0 Å². The van der Waals surface area contributed by atoms with Crippen LogP contribution in [-0.2, 0) is 11.3 Å². The lowest BCUT2D eigenvalue weighted by molar-refractivity contribution is -0.0549. The molecule has 0 aliphatic carbocycles. The Balaban J connectivity index is 1.37. The molecule has 2 aromatic heterocycles. The summed E-state index contributed by atoms with van der Waals surface area (Å²) in [4.78, 5) is 6.53. The zero-order valence-electron chi connectivity index (χ0n) is 13.2. The number of piperidine rings is 1. The van der Waals surface area contributed by atoms with E-state index in [0.717, 1.165) is 50.4 Å². The Labute approximate surface area is 136 Å². The highest BCUT2D eigenvalue weighted by molar-refractivity contribution is 5.16. The molecule has 23 heavy (non-hydrogen) atoms. The lowest BCUT2D eigenvalue weighted by Gasteiger charge is -2.39. The Morgan fingerprint density at radius 1 is 1.35 bits per heavy atom. The van der Waals surface area contributed by atoms with E-state index >= 15 is 0 Å². The quantitative estimate of drug-likeness (QED) is 0.868. The van der Waals surface area contributed by atoms with Gasteiger partial charge in [-0.25, -0.2) is 0 Å². The smallest absolute Gasteiger partial charge is 0.138 e. The van der Waals surface area contributed by atoms with Crippen molar-refractivity contribution in [2.75, 3.05) is 19.7 Å². The fourth-order valence-electron chi connectivity index (χ4n) is 3.72. The van der Waals surface area contributed by atoms with Gasteiger partial charge in [-0.1, -0.05) is 0 Å². The van der Waals surface area contributed by atoms with Crippen molar-refractivity contribution < 1.29 is 13.9 Å². The standard InChI is InChI=1S/C18H22N2O3/c1-4-15(11-19-7-1)23-17-10-18(22-13-17)6-3-8-20(14-18)12-16-5-2-9-21-16/h1-2,4-5,7,9,11,17H,3,6,8,10,12-14H2/t17-,18-/m0/s1. The minimum atomic E-state index is -0.0717. The molecule has 0 unspecified atom stereocenters. The highest BCUT2D eigenvalue weighted by Gasteiger charge is 2.44. The third-order valence-corrected chi connectivity index (χ3v) is 4.69. The molecule has 0 N–H and O–H groups in total. The summed E-state index contributed by atoms with van der Waals surface area (Å²) in [6, 6.07) is 7.82. The molecule has 0 bridgehead atoms. The largest absolute Gasteiger partial charge is 0.486 e. The van der Waals surface area contributed by atoms with E-state index in [1.165, 1.54) is 0 Å². The third kappa shape index (κ3) is 3.41. The molecule has 2 aliphatic rings. The van der Waals surface area contributed by atoms with Gasteiger partial charge in [0.1, 0.15) is 17.6 Å². The van der Waals surface area contributed by atoms with E-state index in [0.29, 0.717) is 6.61 Å². The zero-order valence-corrected chi connectivity index (χ0v) is 13.2. The van der Waals surface area contributed by atoms with Gasteiger partial charge in [0.05, 0.1) is 31.2 Å². The van der Waals surface area contributed by atoms with Gasteiger partial charge in [0.25, 0.3) is 0 Å². The number of furan rings is 1. The molecule has 0 aromatic carbocycles. The maximum Gasteiger partial charge on any atom is 0.138 e. The predicted molar refractivity (Wildman–Crippen MR) is 85.2 cm³/mol. The SMILES string of the molecule is c1cncc(O[C@@H]2CO[C@@]3(CCCN(Cc4ccco4)C3)C2)c1. The number of ether oxygens (including phenoxy) is 2. The molecule has 2 atom stereocenters. The number of aromatic nitrogens is 1. The molecular weight excluding hydrogens is 292 g/mol. The van der Waals surface area contributed by atoms with Gasteiger partial charge in [-0.05, 0) is 43.7 Å². The van der Waals surface area contributed by atoms with Crippen molar-refractivity contribution >= 4 is 0 Å². The number of rotatable bonds is 4. The molecule has 0 saturated carbocycles. The summed E-state index contributed by atoms with van der Waals surface area (Å²) in [5.74, 6) is 1.84. The van der Waals surface area contributed by atoms with Crippen molar-refractivity contribution in [2.24, 2.45) is 0 Å². The second kappa shape index (κ2) is 6.34. The van der Waals surface area contributed by atoms with E-state index in [9.17, 15) is 0 Å². The van der Waals surface area contributed by atoms with Crippen molar-refractivity contribution in [2.45, 2.75) is 37.5 Å². The summed E-state index contributed by atoms with van der Waals surface area (Å²) >= 11 is 0. The molecule has 2 fully saturated rings. The first-order valence-corrected chi connectivity index (χ1v) is 8.27. The molecule has 2 aromatic rings. The van der Waals surface area contributed by atoms with Crippen LogP contribution in [-0.4, -0.2) is 41.3 Å². The Bertz CT molecular complexity index is 616. The van der Waals surface area contributed by atoms with Gasteiger partial charge in [0.2, 0.25) is 0 Å². The van der Waals surface area contributed by atoms with Crippen molar-refractivity contribution in [3.05, 3.63) is 48.7 Å². The Hall–Kier alpha value is -1.85. The van der Waals surface area contributed by atoms with Crippen LogP contribution in [0.4, 0.5) is 0 Å². The van der Waals surface area contributed by atoms with E-state index in [1.807, 2.05) is 24.3 Å². The molecule has 1 spiro atoms. The van der Waals surface area contributed by atoms with Crippen molar-refractivity contribution in [1.29, 1.82) is 0 Å². The Morgan fingerprint density at radius 3 is 3.17 bits per heavy atom.